The summed E-state index contributed by atoms with van der Waals surface area (Å²) < 4.78 is 0. The first-order chi connectivity index (χ1) is 7.16. The minimum absolute atomic E-state index is 0.0881. The molecule has 84 valence electrons. The number of aromatic amines is 1. The average Bonchev–Trinajstić information content (AvgIpc) is 2.67. The van der Waals surface area contributed by atoms with Gasteiger partial charge in [-0.05, 0) is 37.0 Å². The summed E-state index contributed by atoms with van der Waals surface area (Å²) in [6, 6.07) is 0.0881. The number of hydrogen-bond donors (Lipinski definition) is 2. The standard InChI is InChI=1S/C12H21N3/c1-8-5-9(2)7-10(6-8)11(13)12-14-3-4-15-12/h3-4,8-11H,5-7,13H2,1-2H3,(H,14,15). The van der Waals surface area contributed by atoms with Gasteiger partial charge in [-0.3, -0.25) is 0 Å². The lowest BCUT2D eigenvalue weighted by Gasteiger charge is -2.34. The maximum atomic E-state index is 6.24. The molecule has 1 aliphatic rings. The van der Waals surface area contributed by atoms with E-state index >= 15 is 0 Å². The molecule has 3 heteroatoms. The van der Waals surface area contributed by atoms with E-state index in [0.29, 0.717) is 5.92 Å². The summed E-state index contributed by atoms with van der Waals surface area (Å²) in [5, 5.41) is 0. The minimum atomic E-state index is 0.0881. The zero-order valence-corrected chi connectivity index (χ0v) is 9.61. The molecule has 0 aliphatic heterocycles. The molecule has 3 N–H and O–H groups in total. The zero-order valence-electron chi connectivity index (χ0n) is 9.61. The Morgan fingerprint density at radius 1 is 1.33 bits per heavy atom. The molecule has 3 nitrogen and oxygen atoms in total. The second-order valence-corrected chi connectivity index (χ2v) is 5.18. The lowest BCUT2D eigenvalue weighted by molar-refractivity contribution is 0.190. The Morgan fingerprint density at radius 3 is 2.53 bits per heavy atom. The number of H-pyrrole nitrogens is 1. The molecule has 1 aliphatic carbocycles. The van der Waals surface area contributed by atoms with Gasteiger partial charge in [0.2, 0.25) is 0 Å². The summed E-state index contributed by atoms with van der Waals surface area (Å²) in [5.41, 5.74) is 6.24. The van der Waals surface area contributed by atoms with Gasteiger partial charge in [-0.25, -0.2) is 4.98 Å². The third-order valence-corrected chi connectivity index (χ3v) is 3.56. The van der Waals surface area contributed by atoms with Crippen LogP contribution in [0.5, 0.6) is 0 Å². The monoisotopic (exact) mass is 207 g/mol. The molecule has 3 unspecified atom stereocenters. The van der Waals surface area contributed by atoms with Gasteiger partial charge >= 0.3 is 0 Å². The lowest BCUT2D eigenvalue weighted by Crippen LogP contribution is -2.29. The van der Waals surface area contributed by atoms with E-state index in [4.69, 9.17) is 5.73 Å². The normalized spacial score (nSPS) is 33.9. The highest BCUT2D eigenvalue weighted by atomic mass is 14.9. The van der Waals surface area contributed by atoms with E-state index in [1.165, 1.54) is 19.3 Å². The number of nitrogens with two attached hydrogens (primary N) is 1. The SMILES string of the molecule is CC1CC(C)CC(C(N)c2ncc[nH]2)C1. The predicted molar refractivity (Wildman–Crippen MR) is 61.2 cm³/mol. The van der Waals surface area contributed by atoms with Gasteiger partial charge in [0.05, 0.1) is 6.04 Å². The van der Waals surface area contributed by atoms with E-state index in [1.807, 2.05) is 6.20 Å². The van der Waals surface area contributed by atoms with Crippen molar-refractivity contribution in [2.75, 3.05) is 0 Å². The topological polar surface area (TPSA) is 54.7 Å². The number of nitrogens with one attached hydrogen (secondary N) is 1. The maximum absolute atomic E-state index is 6.24. The first kappa shape index (κ1) is 10.7. The van der Waals surface area contributed by atoms with Crippen molar-refractivity contribution in [2.45, 2.75) is 39.2 Å². The van der Waals surface area contributed by atoms with E-state index in [-0.39, 0.29) is 6.04 Å². The van der Waals surface area contributed by atoms with E-state index in [0.717, 1.165) is 17.7 Å². The van der Waals surface area contributed by atoms with Crippen LogP contribution < -0.4 is 5.73 Å². The third kappa shape index (κ3) is 2.40. The summed E-state index contributed by atoms with van der Waals surface area (Å²) >= 11 is 0. The molecular weight excluding hydrogens is 186 g/mol. The molecular formula is C12H21N3. The summed E-state index contributed by atoms with van der Waals surface area (Å²) in [5.74, 6) is 3.15. The van der Waals surface area contributed by atoms with Crippen molar-refractivity contribution in [1.29, 1.82) is 0 Å². The highest BCUT2D eigenvalue weighted by Gasteiger charge is 2.29. The molecule has 0 amide bonds. The molecule has 1 saturated carbocycles. The second kappa shape index (κ2) is 4.35. The first-order valence-electron chi connectivity index (χ1n) is 5.91. The van der Waals surface area contributed by atoms with Gasteiger partial charge in [0.15, 0.2) is 0 Å². The van der Waals surface area contributed by atoms with Crippen molar-refractivity contribution in [3.05, 3.63) is 18.2 Å². The van der Waals surface area contributed by atoms with Crippen LogP contribution in [0.4, 0.5) is 0 Å². The van der Waals surface area contributed by atoms with Crippen LogP contribution in [0.15, 0.2) is 12.4 Å². The molecule has 0 bridgehead atoms. The first-order valence-corrected chi connectivity index (χ1v) is 5.91. The van der Waals surface area contributed by atoms with Gasteiger partial charge in [0.1, 0.15) is 5.82 Å². The van der Waals surface area contributed by atoms with Gasteiger partial charge in [-0.2, -0.15) is 0 Å². The van der Waals surface area contributed by atoms with Crippen LogP contribution in [-0.2, 0) is 0 Å². The Bertz CT molecular complexity index is 284. The van der Waals surface area contributed by atoms with Crippen molar-refractivity contribution in [3.8, 4) is 0 Å². The lowest BCUT2D eigenvalue weighted by atomic mass is 9.74. The van der Waals surface area contributed by atoms with E-state index in [2.05, 4.69) is 23.8 Å². The minimum Gasteiger partial charge on any atom is -0.347 e. The second-order valence-electron chi connectivity index (χ2n) is 5.18. The van der Waals surface area contributed by atoms with Crippen molar-refractivity contribution < 1.29 is 0 Å². The Morgan fingerprint density at radius 2 is 2.00 bits per heavy atom. The average molecular weight is 207 g/mol. The van der Waals surface area contributed by atoms with Crippen LogP contribution in [0.3, 0.4) is 0 Å². The molecule has 1 aromatic rings. The van der Waals surface area contributed by atoms with Crippen LogP contribution in [0.2, 0.25) is 0 Å². The molecule has 3 atom stereocenters. The molecule has 0 saturated heterocycles. The quantitative estimate of drug-likeness (QED) is 0.782. The number of hydrogen-bond acceptors (Lipinski definition) is 2. The summed E-state index contributed by atoms with van der Waals surface area (Å²) in [4.78, 5) is 7.39. The molecule has 1 aromatic heterocycles. The van der Waals surface area contributed by atoms with Crippen molar-refractivity contribution >= 4 is 0 Å². The Hall–Kier alpha value is -0.830. The molecule has 2 rings (SSSR count). The molecule has 15 heavy (non-hydrogen) atoms. The Balaban J connectivity index is 2.03. The van der Waals surface area contributed by atoms with E-state index < -0.39 is 0 Å². The fourth-order valence-electron chi connectivity index (χ4n) is 2.99. The third-order valence-electron chi connectivity index (χ3n) is 3.56. The van der Waals surface area contributed by atoms with E-state index in [1.54, 1.807) is 6.20 Å². The molecule has 0 aromatic carbocycles. The van der Waals surface area contributed by atoms with Crippen molar-refractivity contribution in [1.82, 2.24) is 9.97 Å². The molecule has 1 heterocycles. The summed E-state index contributed by atoms with van der Waals surface area (Å²) in [6.07, 6.45) is 7.47. The van der Waals surface area contributed by atoms with Gasteiger partial charge < -0.3 is 10.7 Å². The molecule has 0 radical (unpaired) electrons. The van der Waals surface area contributed by atoms with E-state index in [9.17, 15) is 0 Å². The van der Waals surface area contributed by atoms with Gasteiger partial charge in [0, 0.05) is 12.4 Å². The van der Waals surface area contributed by atoms with Gasteiger partial charge in [0.25, 0.3) is 0 Å². The fourth-order valence-corrected chi connectivity index (χ4v) is 2.99. The summed E-state index contributed by atoms with van der Waals surface area (Å²) in [6.45, 7) is 4.66. The van der Waals surface area contributed by atoms with Crippen molar-refractivity contribution in [2.24, 2.45) is 23.5 Å². The largest absolute Gasteiger partial charge is 0.347 e. The van der Waals surface area contributed by atoms with Crippen LogP contribution in [-0.4, -0.2) is 9.97 Å². The number of rotatable bonds is 2. The molecule has 1 fully saturated rings. The molecule has 0 spiro atoms. The van der Waals surface area contributed by atoms with Crippen LogP contribution >= 0.6 is 0 Å². The smallest absolute Gasteiger partial charge is 0.123 e. The maximum Gasteiger partial charge on any atom is 0.123 e. The Kier molecular flexibility index (Phi) is 3.10. The van der Waals surface area contributed by atoms with Crippen LogP contribution in [0, 0.1) is 17.8 Å². The van der Waals surface area contributed by atoms with Gasteiger partial charge in [-0.1, -0.05) is 13.8 Å². The number of aromatic nitrogens is 2. The number of imidazole rings is 1. The van der Waals surface area contributed by atoms with Crippen LogP contribution in [0.1, 0.15) is 45.0 Å². The number of nitrogens with zero attached hydrogens (tertiary/aromatic N) is 1. The predicted octanol–water partition coefficient (Wildman–Crippen LogP) is 2.48. The summed E-state index contributed by atoms with van der Waals surface area (Å²) in [7, 11) is 0. The fraction of sp³-hybridized carbons (Fsp3) is 0.750. The Labute approximate surface area is 91.5 Å². The highest BCUT2D eigenvalue weighted by Crippen LogP contribution is 2.37. The zero-order chi connectivity index (χ0) is 10.8. The van der Waals surface area contributed by atoms with Crippen molar-refractivity contribution in [3.63, 3.8) is 0 Å². The van der Waals surface area contributed by atoms with Gasteiger partial charge in [-0.15, -0.1) is 0 Å². The van der Waals surface area contributed by atoms with Crippen LogP contribution in [0.25, 0.3) is 0 Å². The highest BCUT2D eigenvalue weighted by molar-refractivity contribution is 4.98.